The maximum Gasteiger partial charge on any atom is 0.338 e. The fourth-order valence-electron chi connectivity index (χ4n) is 2.84. The van der Waals surface area contributed by atoms with E-state index in [4.69, 9.17) is 9.15 Å². The Hall–Kier alpha value is -2.40. The van der Waals surface area contributed by atoms with Crippen LogP contribution < -0.4 is 0 Å². The van der Waals surface area contributed by atoms with Gasteiger partial charge in [-0.3, -0.25) is 0 Å². The van der Waals surface area contributed by atoms with Crippen LogP contribution >= 0.6 is 0 Å². The maximum absolute atomic E-state index is 12.1. The number of rotatable bonds is 4. The molecule has 23 heavy (non-hydrogen) atoms. The van der Waals surface area contributed by atoms with Crippen LogP contribution in [0.1, 0.15) is 47.5 Å². The summed E-state index contributed by atoms with van der Waals surface area (Å²) in [7, 11) is 0. The van der Waals surface area contributed by atoms with E-state index in [1.165, 1.54) is 0 Å². The quantitative estimate of drug-likeness (QED) is 0.878. The first-order valence-electron chi connectivity index (χ1n) is 7.55. The largest absolute Gasteiger partial charge is 0.455 e. The van der Waals surface area contributed by atoms with Crippen LogP contribution in [0.2, 0.25) is 0 Å². The molecule has 1 aromatic carbocycles. The van der Waals surface area contributed by atoms with Crippen LogP contribution in [-0.4, -0.2) is 22.2 Å². The van der Waals surface area contributed by atoms with E-state index in [-0.39, 0.29) is 5.92 Å². The van der Waals surface area contributed by atoms with E-state index in [2.05, 4.69) is 11.6 Å². The van der Waals surface area contributed by atoms with E-state index in [0.29, 0.717) is 23.4 Å². The van der Waals surface area contributed by atoms with E-state index < -0.39 is 18.2 Å². The third-order valence-electron chi connectivity index (χ3n) is 4.06. The zero-order valence-corrected chi connectivity index (χ0v) is 13.2. The van der Waals surface area contributed by atoms with Crippen molar-refractivity contribution in [3.63, 3.8) is 0 Å². The molecular weight excluding hydrogens is 294 g/mol. The van der Waals surface area contributed by atoms with Crippen molar-refractivity contribution >= 4 is 11.5 Å². The molecule has 1 aliphatic heterocycles. The highest BCUT2D eigenvalue weighted by atomic mass is 16.6. The number of oxazole rings is 1. The monoisotopic (exact) mass is 313 g/mol. The molecule has 0 saturated heterocycles. The molecule has 0 spiro atoms. The molecule has 2 heterocycles. The van der Waals surface area contributed by atoms with Crippen LogP contribution in [0.25, 0.3) is 5.57 Å². The molecule has 0 fully saturated rings. The first-order valence-corrected chi connectivity index (χ1v) is 7.55. The molecule has 0 unspecified atom stereocenters. The lowest BCUT2D eigenvalue weighted by molar-refractivity contribution is -0.0509. The second-order valence-electron chi connectivity index (χ2n) is 6.01. The van der Waals surface area contributed by atoms with Gasteiger partial charge in [-0.25, -0.2) is 9.78 Å². The molecule has 3 atom stereocenters. The SMILES string of the molecule is C=C(C)c1nc(C[C@H](C)[C@H]2OC(=O)c3ccccc3[C@H]2O)co1. The smallest absolute Gasteiger partial charge is 0.338 e. The van der Waals surface area contributed by atoms with Crippen LogP contribution in [0.4, 0.5) is 0 Å². The molecule has 0 bridgehead atoms. The molecule has 3 rings (SSSR count). The van der Waals surface area contributed by atoms with Gasteiger partial charge in [-0.15, -0.1) is 0 Å². The Bertz CT molecular complexity index is 749. The number of carbonyl (C=O) groups excluding carboxylic acids is 1. The Morgan fingerprint density at radius 3 is 2.87 bits per heavy atom. The highest BCUT2D eigenvalue weighted by Gasteiger charge is 2.37. The predicted octanol–water partition coefficient (Wildman–Crippen LogP) is 3.16. The van der Waals surface area contributed by atoms with Gasteiger partial charge in [0, 0.05) is 11.5 Å². The van der Waals surface area contributed by atoms with E-state index in [0.717, 1.165) is 11.3 Å². The number of hydrogen-bond acceptors (Lipinski definition) is 5. The lowest BCUT2D eigenvalue weighted by Crippen LogP contribution is -2.37. The number of aliphatic hydroxyl groups excluding tert-OH is 1. The first-order chi connectivity index (χ1) is 11.0. The number of nitrogens with zero attached hydrogens (tertiary/aromatic N) is 1. The standard InChI is InChI=1S/C18H19NO4/c1-10(2)17-19-12(9-22-17)8-11(3)16-15(20)13-6-4-5-7-14(13)18(21)23-16/h4-7,9,11,15-16,20H,1,8H2,2-3H3/t11-,15+,16+/m0/s1. The average molecular weight is 313 g/mol. The van der Waals surface area contributed by atoms with E-state index >= 15 is 0 Å². The third-order valence-corrected chi connectivity index (χ3v) is 4.06. The molecule has 1 aliphatic rings. The van der Waals surface area contributed by atoms with Crippen molar-refractivity contribution in [2.75, 3.05) is 0 Å². The number of allylic oxidation sites excluding steroid dienone is 1. The lowest BCUT2D eigenvalue weighted by atomic mass is 9.87. The highest BCUT2D eigenvalue weighted by molar-refractivity contribution is 5.92. The lowest BCUT2D eigenvalue weighted by Gasteiger charge is -2.33. The van der Waals surface area contributed by atoms with Gasteiger partial charge < -0.3 is 14.3 Å². The van der Waals surface area contributed by atoms with Gasteiger partial charge in [-0.2, -0.15) is 0 Å². The summed E-state index contributed by atoms with van der Waals surface area (Å²) in [4.78, 5) is 16.5. The van der Waals surface area contributed by atoms with Crippen molar-refractivity contribution in [2.45, 2.75) is 32.5 Å². The molecular formula is C18H19NO4. The Morgan fingerprint density at radius 1 is 1.43 bits per heavy atom. The molecule has 0 aliphatic carbocycles. The highest BCUT2D eigenvalue weighted by Crippen LogP contribution is 2.34. The number of esters is 1. The van der Waals surface area contributed by atoms with Gasteiger partial charge in [0.1, 0.15) is 18.5 Å². The Balaban J connectivity index is 1.78. The van der Waals surface area contributed by atoms with E-state index in [1.54, 1.807) is 30.5 Å². The first kappa shape index (κ1) is 15.5. The molecule has 0 amide bonds. The van der Waals surface area contributed by atoms with E-state index in [9.17, 15) is 9.90 Å². The summed E-state index contributed by atoms with van der Waals surface area (Å²) in [6.07, 6.45) is 0.660. The van der Waals surface area contributed by atoms with Crippen molar-refractivity contribution < 1.29 is 19.1 Å². The molecule has 5 heteroatoms. The Morgan fingerprint density at radius 2 is 2.17 bits per heavy atom. The number of ether oxygens (including phenoxy) is 1. The molecule has 2 aromatic rings. The van der Waals surface area contributed by atoms with Gasteiger partial charge in [0.2, 0.25) is 5.89 Å². The predicted molar refractivity (Wildman–Crippen MR) is 84.7 cm³/mol. The zero-order chi connectivity index (χ0) is 16.6. The van der Waals surface area contributed by atoms with Crippen LogP contribution in [-0.2, 0) is 11.2 Å². The summed E-state index contributed by atoms with van der Waals surface area (Å²) in [5.41, 5.74) is 2.54. The minimum absolute atomic E-state index is 0.106. The van der Waals surface area contributed by atoms with Crippen molar-refractivity contribution in [1.82, 2.24) is 4.98 Å². The van der Waals surface area contributed by atoms with Gasteiger partial charge in [-0.1, -0.05) is 31.7 Å². The van der Waals surface area contributed by atoms with Gasteiger partial charge in [-0.05, 0) is 25.0 Å². The molecule has 0 saturated carbocycles. The second kappa shape index (κ2) is 6.01. The van der Waals surface area contributed by atoms with Gasteiger partial charge in [0.15, 0.2) is 0 Å². The number of hydrogen-bond donors (Lipinski definition) is 1. The summed E-state index contributed by atoms with van der Waals surface area (Å²) < 4.78 is 10.8. The van der Waals surface area contributed by atoms with Gasteiger partial charge in [0.25, 0.3) is 0 Å². The maximum atomic E-state index is 12.1. The van der Waals surface area contributed by atoms with Crippen LogP contribution in [0.5, 0.6) is 0 Å². The molecule has 1 aromatic heterocycles. The van der Waals surface area contributed by atoms with Crippen molar-refractivity contribution in [2.24, 2.45) is 5.92 Å². The fraction of sp³-hybridized carbons (Fsp3) is 0.333. The van der Waals surface area contributed by atoms with Gasteiger partial charge in [0.05, 0.1) is 11.3 Å². The topological polar surface area (TPSA) is 72.6 Å². The summed E-state index contributed by atoms with van der Waals surface area (Å²) in [6, 6.07) is 6.98. The fourth-order valence-corrected chi connectivity index (χ4v) is 2.84. The molecule has 0 radical (unpaired) electrons. The molecule has 1 N–H and O–H groups in total. The number of aliphatic hydroxyl groups is 1. The summed E-state index contributed by atoms with van der Waals surface area (Å²) in [6.45, 7) is 7.53. The summed E-state index contributed by atoms with van der Waals surface area (Å²) in [5, 5.41) is 10.5. The van der Waals surface area contributed by atoms with Crippen LogP contribution in [0.15, 0.2) is 41.5 Å². The van der Waals surface area contributed by atoms with Crippen LogP contribution in [0, 0.1) is 5.92 Å². The molecule has 120 valence electrons. The second-order valence-corrected chi connectivity index (χ2v) is 6.01. The third kappa shape index (κ3) is 2.92. The van der Waals surface area contributed by atoms with Crippen molar-refractivity contribution in [1.29, 1.82) is 0 Å². The number of aromatic nitrogens is 1. The zero-order valence-electron chi connectivity index (χ0n) is 13.2. The van der Waals surface area contributed by atoms with Crippen molar-refractivity contribution in [3.8, 4) is 0 Å². The minimum atomic E-state index is -0.841. The number of fused-ring (bicyclic) bond motifs is 1. The van der Waals surface area contributed by atoms with Crippen LogP contribution in [0.3, 0.4) is 0 Å². The number of cyclic esters (lactones) is 1. The minimum Gasteiger partial charge on any atom is -0.455 e. The number of benzene rings is 1. The van der Waals surface area contributed by atoms with Crippen molar-refractivity contribution in [3.05, 3.63) is 59.8 Å². The average Bonchev–Trinajstić information content (AvgIpc) is 2.99. The molecule has 5 nitrogen and oxygen atoms in total. The number of carbonyl (C=O) groups is 1. The summed E-state index contributed by atoms with van der Waals surface area (Å²) >= 11 is 0. The normalized spacial score (nSPS) is 21.4. The van der Waals surface area contributed by atoms with E-state index in [1.807, 2.05) is 13.8 Å². The summed E-state index contributed by atoms with van der Waals surface area (Å²) in [5.74, 6) is -0.00496. The Kier molecular flexibility index (Phi) is 4.05. The van der Waals surface area contributed by atoms with Gasteiger partial charge >= 0.3 is 5.97 Å². The Labute approximate surface area is 134 Å².